The zero-order valence-electron chi connectivity index (χ0n) is 12.9. The molecule has 1 amide bonds. The molecule has 0 aromatic heterocycles. The summed E-state index contributed by atoms with van der Waals surface area (Å²) in [6.45, 7) is 2.34. The van der Waals surface area contributed by atoms with Crippen molar-refractivity contribution in [3.8, 4) is 5.75 Å². The highest BCUT2D eigenvalue weighted by atomic mass is 16.7. The van der Waals surface area contributed by atoms with E-state index < -0.39 is 0 Å². The number of hydroxylamine groups is 2. The van der Waals surface area contributed by atoms with Crippen LogP contribution in [0.15, 0.2) is 24.3 Å². The predicted molar refractivity (Wildman–Crippen MR) is 80.4 cm³/mol. The first-order valence-corrected chi connectivity index (χ1v) is 6.92. The Morgan fingerprint density at radius 3 is 2.81 bits per heavy atom. The Kier molecular flexibility index (Phi) is 8.42. The van der Waals surface area contributed by atoms with Gasteiger partial charge in [-0.05, 0) is 24.6 Å². The molecule has 6 nitrogen and oxygen atoms in total. The molecule has 21 heavy (non-hydrogen) atoms. The smallest absolute Gasteiger partial charge is 0.251 e. The lowest BCUT2D eigenvalue weighted by atomic mass is 10.2. The molecule has 0 unspecified atom stereocenters. The largest absolute Gasteiger partial charge is 0.491 e. The molecule has 0 aliphatic carbocycles. The topological polar surface area (TPSA) is 60.0 Å². The Morgan fingerprint density at radius 2 is 2.10 bits per heavy atom. The third-order valence-electron chi connectivity index (χ3n) is 2.90. The fraction of sp³-hybridized carbons (Fsp3) is 0.533. The van der Waals surface area contributed by atoms with Crippen molar-refractivity contribution in [3.05, 3.63) is 29.8 Å². The van der Waals surface area contributed by atoms with Crippen LogP contribution in [0.4, 0.5) is 0 Å². The van der Waals surface area contributed by atoms with Crippen molar-refractivity contribution in [2.45, 2.75) is 6.42 Å². The van der Waals surface area contributed by atoms with Gasteiger partial charge in [0.05, 0.1) is 13.7 Å². The number of nitrogens with zero attached hydrogens (tertiary/aromatic N) is 1. The fourth-order valence-electron chi connectivity index (χ4n) is 1.67. The van der Waals surface area contributed by atoms with Crippen molar-refractivity contribution >= 4 is 5.91 Å². The number of amides is 1. The Balaban J connectivity index is 2.37. The molecular weight excluding hydrogens is 272 g/mol. The molecule has 1 N–H and O–H groups in total. The van der Waals surface area contributed by atoms with Gasteiger partial charge in [0, 0.05) is 32.8 Å². The van der Waals surface area contributed by atoms with Crippen LogP contribution in [0.2, 0.25) is 0 Å². The number of methoxy groups -OCH3 is 1. The van der Waals surface area contributed by atoms with Crippen LogP contribution in [0, 0.1) is 0 Å². The van der Waals surface area contributed by atoms with E-state index in [9.17, 15) is 4.79 Å². The van der Waals surface area contributed by atoms with Crippen molar-refractivity contribution in [2.75, 3.05) is 47.6 Å². The van der Waals surface area contributed by atoms with E-state index in [2.05, 4.69) is 5.32 Å². The van der Waals surface area contributed by atoms with E-state index in [1.165, 1.54) is 0 Å². The summed E-state index contributed by atoms with van der Waals surface area (Å²) in [5, 5.41) is 4.59. The standard InChI is InChI=1S/C15H24N2O4/c1-17(20-3)9-5-8-16-15(18)13-6-4-7-14(12-13)21-11-10-19-2/h4,6-7,12H,5,8-11H2,1-3H3,(H,16,18). The van der Waals surface area contributed by atoms with Crippen LogP contribution in [0.1, 0.15) is 16.8 Å². The third-order valence-corrected chi connectivity index (χ3v) is 2.90. The highest BCUT2D eigenvalue weighted by Crippen LogP contribution is 2.13. The van der Waals surface area contributed by atoms with Gasteiger partial charge in [0.15, 0.2) is 0 Å². The van der Waals surface area contributed by atoms with Crippen LogP contribution in [0.5, 0.6) is 5.75 Å². The summed E-state index contributed by atoms with van der Waals surface area (Å²) in [7, 11) is 5.09. The number of hydrogen-bond donors (Lipinski definition) is 1. The molecule has 0 aliphatic heterocycles. The number of carbonyl (C=O) groups excluding carboxylic acids is 1. The van der Waals surface area contributed by atoms with Crippen LogP contribution in [0.25, 0.3) is 0 Å². The lowest BCUT2D eigenvalue weighted by Crippen LogP contribution is -2.27. The number of rotatable bonds is 10. The summed E-state index contributed by atoms with van der Waals surface area (Å²) in [5.41, 5.74) is 0.588. The van der Waals surface area contributed by atoms with E-state index in [1.807, 2.05) is 13.1 Å². The maximum Gasteiger partial charge on any atom is 0.251 e. The molecule has 118 valence electrons. The Hall–Kier alpha value is -1.63. The van der Waals surface area contributed by atoms with Gasteiger partial charge >= 0.3 is 0 Å². The van der Waals surface area contributed by atoms with E-state index >= 15 is 0 Å². The summed E-state index contributed by atoms with van der Waals surface area (Å²) in [6.07, 6.45) is 0.820. The molecule has 6 heteroatoms. The SMILES string of the molecule is COCCOc1cccc(C(=O)NCCCN(C)OC)c1. The summed E-state index contributed by atoms with van der Waals surface area (Å²) in [4.78, 5) is 17.0. The van der Waals surface area contributed by atoms with Gasteiger partial charge in [0.1, 0.15) is 12.4 Å². The normalized spacial score (nSPS) is 10.7. The number of ether oxygens (including phenoxy) is 2. The minimum Gasteiger partial charge on any atom is -0.491 e. The molecule has 1 aromatic rings. The molecule has 0 radical (unpaired) electrons. The minimum absolute atomic E-state index is 0.104. The lowest BCUT2D eigenvalue weighted by Gasteiger charge is -2.13. The van der Waals surface area contributed by atoms with Crippen molar-refractivity contribution < 1.29 is 19.1 Å². The summed E-state index contributed by atoms with van der Waals surface area (Å²) in [6, 6.07) is 7.11. The van der Waals surface area contributed by atoms with E-state index in [0.29, 0.717) is 31.1 Å². The second-order valence-corrected chi connectivity index (χ2v) is 4.51. The molecular formula is C15H24N2O4. The van der Waals surface area contributed by atoms with Gasteiger partial charge in [-0.1, -0.05) is 6.07 Å². The van der Waals surface area contributed by atoms with Crippen LogP contribution in [-0.4, -0.2) is 58.5 Å². The summed E-state index contributed by atoms with van der Waals surface area (Å²) >= 11 is 0. The molecule has 0 heterocycles. The van der Waals surface area contributed by atoms with Crippen molar-refractivity contribution in [2.24, 2.45) is 0 Å². The molecule has 0 atom stereocenters. The maximum atomic E-state index is 12.0. The third kappa shape index (κ3) is 7.08. The quantitative estimate of drug-likeness (QED) is 0.521. The van der Waals surface area contributed by atoms with Crippen molar-refractivity contribution in [1.29, 1.82) is 0 Å². The number of benzene rings is 1. The van der Waals surface area contributed by atoms with Crippen molar-refractivity contribution in [3.63, 3.8) is 0 Å². The van der Waals surface area contributed by atoms with Gasteiger partial charge in [-0.15, -0.1) is 0 Å². The zero-order valence-corrected chi connectivity index (χ0v) is 12.9. The van der Waals surface area contributed by atoms with Gasteiger partial charge < -0.3 is 19.6 Å². The second-order valence-electron chi connectivity index (χ2n) is 4.51. The van der Waals surface area contributed by atoms with Crippen LogP contribution >= 0.6 is 0 Å². The molecule has 0 bridgehead atoms. The molecule has 0 saturated carbocycles. The average molecular weight is 296 g/mol. The Morgan fingerprint density at radius 1 is 1.29 bits per heavy atom. The van der Waals surface area contributed by atoms with Crippen LogP contribution in [-0.2, 0) is 9.57 Å². The monoisotopic (exact) mass is 296 g/mol. The van der Waals surface area contributed by atoms with Crippen LogP contribution < -0.4 is 10.1 Å². The zero-order chi connectivity index (χ0) is 15.5. The van der Waals surface area contributed by atoms with Gasteiger partial charge in [0.2, 0.25) is 0 Å². The predicted octanol–water partition coefficient (Wildman–Crippen LogP) is 1.32. The molecule has 0 aliphatic rings. The highest BCUT2D eigenvalue weighted by Gasteiger charge is 2.06. The summed E-state index contributed by atoms with van der Waals surface area (Å²) < 4.78 is 10.4. The first-order valence-electron chi connectivity index (χ1n) is 6.92. The van der Waals surface area contributed by atoms with E-state index in [0.717, 1.165) is 13.0 Å². The second kappa shape index (κ2) is 10.1. The van der Waals surface area contributed by atoms with Crippen molar-refractivity contribution in [1.82, 2.24) is 10.4 Å². The van der Waals surface area contributed by atoms with Gasteiger partial charge in [-0.25, -0.2) is 0 Å². The Labute approximate surface area is 125 Å². The van der Waals surface area contributed by atoms with E-state index in [1.54, 1.807) is 37.5 Å². The number of nitrogens with one attached hydrogen (secondary N) is 1. The fourth-order valence-corrected chi connectivity index (χ4v) is 1.67. The first-order chi connectivity index (χ1) is 10.2. The lowest BCUT2D eigenvalue weighted by molar-refractivity contribution is -0.109. The number of carbonyl (C=O) groups is 1. The van der Waals surface area contributed by atoms with Gasteiger partial charge in [0.25, 0.3) is 5.91 Å². The molecule has 0 saturated heterocycles. The summed E-state index contributed by atoms with van der Waals surface area (Å²) in [5.74, 6) is 0.561. The number of hydrogen-bond acceptors (Lipinski definition) is 5. The molecule has 1 aromatic carbocycles. The Bertz CT molecular complexity index is 426. The van der Waals surface area contributed by atoms with E-state index in [-0.39, 0.29) is 5.91 Å². The highest BCUT2D eigenvalue weighted by molar-refractivity contribution is 5.94. The average Bonchev–Trinajstić information content (AvgIpc) is 2.51. The van der Waals surface area contributed by atoms with Gasteiger partial charge in [-0.3, -0.25) is 4.79 Å². The first kappa shape index (κ1) is 17.4. The minimum atomic E-state index is -0.104. The molecule has 0 fully saturated rings. The molecule has 1 rings (SSSR count). The molecule has 0 spiro atoms. The maximum absolute atomic E-state index is 12.0. The van der Waals surface area contributed by atoms with E-state index in [4.69, 9.17) is 14.3 Å². The van der Waals surface area contributed by atoms with Gasteiger partial charge in [-0.2, -0.15) is 5.06 Å². The van der Waals surface area contributed by atoms with Crippen LogP contribution in [0.3, 0.4) is 0 Å².